The van der Waals surface area contributed by atoms with E-state index in [-0.39, 0.29) is 0 Å². The lowest BCUT2D eigenvalue weighted by Crippen LogP contribution is -2.19. The van der Waals surface area contributed by atoms with Gasteiger partial charge in [0, 0.05) is 4.88 Å². The second-order valence-corrected chi connectivity index (χ2v) is 6.43. The van der Waals surface area contributed by atoms with Crippen LogP contribution in [0.25, 0.3) is 10.4 Å². The second-order valence-electron chi connectivity index (χ2n) is 5.49. The van der Waals surface area contributed by atoms with E-state index in [9.17, 15) is 0 Å². The van der Waals surface area contributed by atoms with Crippen LogP contribution >= 0.6 is 11.3 Å². The van der Waals surface area contributed by atoms with Gasteiger partial charge in [-0.25, -0.2) is 0 Å². The molecule has 0 aliphatic heterocycles. The zero-order chi connectivity index (χ0) is 13.1. The Bertz CT molecular complexity index is 495. The Labute approximate surface area is 119 Å². The zero-order valence-corrected chi connectivity index (χ0v) is 12.0. The quantitative estimate of drug-likeness (QED) is 0.860. The van der Waals surface area contributed by atoms with Gasteiger partial charge in [0.2, 0.25) is 0 Å². The molecule has 1 atom stereocenters. The normalized spacial score (nSPS) is 17.7. The lowest BCUT2D eigenvalue weighted by atomic mass is 9.84. The Morgan fingerprint density at radius 3 is 2.42 bits per heavy atom. The van der Waals surface area contributed by atoms with Crippen LogP contribution in [0.3, 0.4) is 0 Å². The molecule has 0 radical (unpaired) electrons. The van der Waals surface area contributed by atoms with Crippen molar-refractivity contribution in [1.82, 2.24) is 0 Å². The molecule has 1 saturated carbocycles. The fourth-order valence-electron chi connectivity index (χ4n) is 3.30. The molecule has 1 aliphatic carbocycles. The summed E-state index contributed by atoms with van der Waals surface area (Å²) in [5.74, 6) is 1.36. The van der Waals surface area contributed by atoms with Crippen molar-refractivity contribution in [2.45, 2.75) is 31.6 Å². The maximum Gasteiger partial charge on any atom is 0.0342 e. The predicted molar refractivity (Wildman–Crippen MR) is 83.5 cm³/mol. The van der Waals surface area contributed by atoms with Crippen LogP contribution < -0.4 is 5.73 Å². The molecule has 0 bridgehead atoms. The summed E-state index contributed by atoms with van der Waals surface area (Å²) in [6.45, 7) is 0.781. The lowest BCUT2D eigenvalue weighted by Gasteiger charge is -2.22. The van der Waals surface area contributed by atoms with Crippen LogP contribution in [0.5, 0.6) is 0 Å². The van der Waals surface area contributed by atoms with E-state index in [1.54, 1.807) is 11.3 Å². The number of hydrogen-bond donors (Lipinski definition) is 1. The van der Waals surface area contributed by atoms with E-state index in [1.165, 1.54) is 41.7 Å². The highest BCUT2D eigenvalue weighted by molar-refractivity contribution is 7.13. The molecule has 1 aromatic carbocycles. The summed E-state index contributed by atoms with van der Waals surface area (Å²) in [5.41, 5.74) is 8.77. The summed E-state index contributed by atoms with van der Waals surface area (Å²) < 4.78 is 0. The molecule has 3 rings (SSSR count). The SMILES string of the molecule is NCC(c1ccc(-c2cccs2)cc1)C1CCCC1. The molecule has 19 heavy (non-hydrogen) atoms. The van der Waals surface area contributed by atoms with Crippen LogP contribution in [0.1, 0.15) is 37.2 Å². The Balaban J connectivity index is 1.80. The van der Waals surface area contributed by atoms with Gasteiger partial charge in [0.05, 0.1) is 0 Å². The molecule has 0 amide bonds. The molecule has 1 aliphatic rings. The highest BCUT2D eigenvalue weighted by Gasteiger charge is 2.25. The van der Waals surface area contributed by atoms with E-state index < -0.39 is 0 Å². The van der Waals surface area contributed by atoms with E-state index in [1.807, 2.05) is 0 Å². The first-order valence-corrected chi connectivity index (χ1v) is 8.10. The topological polar surface area (TPSA) is 26.0 Å². The van der Waals surface area contributed by atoms with Crippen LogP contribution in [0, 0.1) is 5.92 Å². The molecule has 100 valence electrons. The first kappa shape index (κ1) is 12.9. The van der Waals surface area contributed by atoms with Crippen molar-refractivity contribution < 1.29 is 0 Å². The molecule has 2 aromatic rings. The number of rotatable bonds is 4. The third-order valence-electron chi connectivity index (χ3n) is 4.37. The summed E-state index contributed by atoms with van der Waals surface area (Å²) >= 11 is 1.80. The molecule has 0 spiro atoms. The average molecular weight is 271 g/mol. The van der Waals surface area contributed by atoms with Gasteiger partial charge in [-0.2, -0.15) is 0 Å². The molecule has 1 unspecified atom stereocenters. The molecule has 1 fully saturated rings. The summed E-state index contributed by atoms with van der Waals surface area (Å²) in [4.78, 5) is 1.34. The van der Waals surface area contributed by atoms with Crippen molar-refractivity contribution in [3.05, 3.63) is 47.3 Å². The van der Waals surface area contributed by atoms with Crippen molar-refractivity contribution in [1.29, 1.82) is 0 Å². The number of thiophene rings is 1. The van der Waals surface area contributed by atoms with Gasteiger partial charge in [-0.1, -0.05) is 43.2 Å². The largest absolute Gasteiger partial charge is 0.330 e. The number of nitrogens with two attached hydrogens (primary N) is 1. The molecule has 1 aromatic heterocycles. The molecule has 2 N–H and O–H groups in total. The summed E-state index contributed by atoms with van der Waals surface area (Å²) in [7, 11) is 0. The maximum atomic E-state index is 6.02. The first-order valence-electron chi connectivity index (χ1n) is 7.22. The van der Waals surface area contributed by atoms with E-state index in [0.717, 1.165) is 12.5 Å². The van der Waals surface area contributed by atoms with E-state index >= 15 is 0 Å². The minimum atomic E-state index is 0.555. The standard InChI is InChI=1S/C17H21NS/c18-12-16(13-4-1-2-5-13)14-7-9-15(10-8-14)17-6-3-11-19-17/h3,6-11,13,16H,1-2,4-5,12,18H2. The van der Waals surface area contributed by atoms with Crippen LogP contribution in [0.2, 0.25) is 0 Å². The summed E-state index contributed by atoms with van der Waals surface area (Å²) in [6.07, 6.45) is 5.48. The fraction of sp³-hybridized carbons (Fsp3) is 0.412. The van der Waals surface area contributed by atoms with Gasteiger partial charge in [0.15, 0.2) is 0 Å². The van der Waals surface area contributed by atoms with Gasteiger partial charge >= 0.3 is 0 Å². The predicted octanol–water partition coefficient (Wildman–Crippen LogP) is 4.65. The Kier molecular flexibility index (Phi) is 4.00. The van der Waals surface area contributed by atoms with Crippen molar-refractivity contribution >= 4 is 11.3 Å². The third-order valence-corrected chi connectivity index (χ3v) is 5.29. The smallest absolute Gasteiger partial charge is 0.0342 e. The van der Waals surface area contributed by atoms with Crippen molar-refractivity contribution in [2.75, 3.05) is 6.54 Å². The van der Waals surface area contributed by atoms with E-state index in [0.29, 0.717) is 5.92 Å². The average Bonchev–Trinajstić information content (AvgIpc) is 3.14. The van der Waals surface area contributed by atoms with Crippen LogP contribution in [-0.2, 0) is 0 Å². The minimum absolute atomic E-state index is 0.555. The lowest BCUT2D eigenvalue weighted by molar-refractivity contribution is 0.440. The second kappa shape index (κ2) is 5.89. The van der Waals surface area contributed by atoms with Crippen molar-refractivity contribution in [2.24, 2.45) is 11.7 Å². The highest BCUT2D eigenvalue weighted by atomic mass is 32.1. The van der Waals surface area contributed by atoms with Gasteiger partial charge in [-0.3, -0.25) is 0 Å². The molecular formula is C17H21NS. The zero-order valence-electron chi connectivity index (χ0n) is 11.2. The van der Waals surface area contributed by atoms with Crippen LogP contribution in [-0.4, -0.2) is 6.54 Å². The van der Waals surface area contributed by atoms with E-state index in [2.05, 4.69) is 41.8 Å². The Hall–Kier alpha value is -1.12. The molecule has 1 nitrogen and oxygen atoms in total. The summed E-state index contributed by atoms with van der Waals surface area (Å²) in [5, 5.41) is 2.13. The van der Waals surface area contributed by atoms with Crippen molar-refractivity contribution in [3.8, 4) is 10.4 Å². The van der Waals surface area contributed by atoms with Gasteiger partial charge in [-0.15, -0.1) is 11.3 Å². The van der Waals surface area contributed by atoms with Crippen LogP contribution in [0.15, 0.2) is 41.8 Å². The molecular weight excluding hydrogens is 250 g/mol. The Morgan fingerprint density at radius 1 is 1.11 bits per heavy atom. The van der Waals surface area contributed by atoms with Crippen molar-refractivity contribution in [3.63, 3.8) is 0 Å². The Morgan fingerprint density at radius 2 is 1.84 bits per heavy atom. The van der Waals surface area contributed by atoms with E-state index in [4.69, 9.17) is 5.73 Å². The van der Waals surface area contributed by atoms with Gasteiger partial charge in [0.25, 0.3) is 0 Å². The van der Waals surface area contributed by atoms with Gasteiger partial charge < -0.3 is 5.73 Å². The third kappa shape index (κ3) is 2.75. The minimum Gasteiger partial charge on any atom is -0.330 e. The van der Waals surface area contributed by atoms with Gasteiger partial charge in [0.1, 0.15) is 0 Å². The summed E-state index contributed by atoms with van der Waals surface area (Å²) in [6, 6.07) is 13.3. The molecule has 2 heteroatoms. The first-order chi connectivity index (χ1) is 9.38. The molecule has 0 saturated heterocycles. The highest BCUT2D eigenvalue weighted by Crippen LogP contribution is 2.37. The number of hydrogen-bond acceptors (Lipinski definition) is 2. The maximum absolute atomic E-state index is 6.02. The fourth-order valence-corrected chi connectivity index (χ4v) is 4.03. The monoisotopic (exact) mass is 271 g/mol. The van der Waals surface area contributed by atoms with Gasteiger partial charge in [-0.05, 0) is 53.8 Å². The number of benzene rings is 1. The molecule has 1 heterocycles. The van der Waals surface area contributed by atoms with Crippen LogP contribution in [0.4, 0.5) is 0 Å².